The molecule has 1 saturated heterocycles. The van der Waals surface area contributed by atoms with Crippen LogP contribution in [0.1, 0.15) is 45.2 Å². The summed E-state index contributed by atoms with van der Waals surface area (Å²) >= 11 is 0. The Morgan fingerprint density at radius 2 is 2.05 bits per heavy atom. The number of amides is 2. The van der Waals surface area contributed by atoms with Gasteiger partial charge in [0.25, 0.3) is 5.91 Å². The Kier molecular flexibility index (Phi) is 3.08. The first-order valence-electron chi connectivity index (χ1n) is 7.18. The van der Waals surface area contributed by atoms with E-state index in [1.165, 1.54) is 5.56 Å². The van der Waals surface area contributed by atoms with E-state index in [9.17, 15) is 9.59 Å². The number of fused-ring (bicyclic) bond motifs is 1. The van der Waals surface area contributed by atoms with Crippen LogP contribution in [-0.2, 0) is 15.0 Å². The quantitative estimate of drug-likeness (QED) is 0.818. The maximum Gasteiger partial charge on any atom is 0.251 e. The van der Waals surface area contributed by atoms with Crippen molar-refractivity contribution in [1.82, 2.24) is 15.1 Å². The summed E-state index contributed by atoms with van der Waals surface area (Å²) in [5, 5.41) is 7.76. The Morgan fingerprint density at radius 3 is 2.71 bits per heavy atom. The normalized spacial score (nSPS) is 19.9. The third-order valence-electron chi connectivity index (χ3n) is 3.97. The second kappa shape index (κ2) is 4.69. The van der Waals surface area contributed by atoms with Crippen LogP contribution < -0.4 is 5.32 Å². The number of hydrogen-bond donors (Lipinski definition) is 1. The average molecular weight is 285 g/mol. The number of aromatic nitrogens is 2. The predicted molar refractivity (Wildman–Crippen MR) is 79.9 cm³/mol. The fraction of sp³-hybridized carbons (Fsp3) is 0.438. The van der Waals surface area contributed by atoms with Crippen LogP contribution in [0.3, 0.4) is 0 Å². The zero-order valence-electron chi connectivity index (χ0n) is 12.5. The highest BCUT2D eigenvalue weighted by atomic mass is 16.2. The van der Waals surface area contributed by atoms with Crippen molar-refractivity contribution >= 4 is 22.7 Å². The molecule has 0 aliphatic carbocycles. The van der Waals surface area contributed by atoms with Crippen molar-refractivity contribution in [3.63, 3.8) is 0 Å². The van der Waals surface area contributed by atoms with Gasteiger partial charge in [-0.1, -0.05) is 26.8 Å². The van der Waals surface area contributed by atoms with E-state index in [2.05, 4.69) is 43.3 Å². The second-order valence-electron chi connectivity index (χ2n) is 6.58. The van der Waals surface area contributed by atoms with Gasteiger partial charge in [-0.15, -0.1) is 0 Å². The largest absolute Gasteiger partial charge is 0.295 e. The maximum absolute atomic E-state index is 12.0. The number of nitrogens with zero attached hydrogens (tertiary/aromatic N) is 2. The summed E-state index contributed by atoms with van der Waals surface area (Å²) in [7, 11) is 0. The van der Waals surface area contributed by atoms with Crippen LogP contribution in [0, 0.1) is 0 Å². The Labute approximate surface area is 123 Å². The van der Waals surface area contributed by atoms with E-state index in [0.717, 1.165) is 10.9 Å². The highest BCUT2D eigenvalue weighted by Crippen LogP contribution is 2.28. The number of piperidine rings is 1. The van der Waals surface area contributed by atoms with Crippen LogP contribution in [0.4, 0.5) is 0 Å². The highest BCUT2D eigenvalue weighted by molar-refractivity contribution is 6.00. The highest BCUT2D eigenvalue weighted by Gasteiger charge is 2.29. The summed E-state index contributed by atoms with van der Waals surface area (Å²) in [5.41, 5.74) is 2.24. The number of benzene rings is 1. The predicted octanol–water partition coefficient (Wildman–Crippen LogP) is 2.31. The molecule has 1 atom stereocenters. The maximum atomic E-state index is 12.0. The van der Waals surface area contributed by atoms with Crippen LogP contribution in [0.15, 0.2) is 24.4 Å². The Morgan fingerprint density at radius 1 is 1.29 bits per heavy atom. The van der Waals surface area contributed by atoms with Gasteiger partial charge in [0.1, 0.15) is 6.04 Å². The Hall–Kier alpha value is -2.17. The summed E-state index contributed by atoms with van der Waals surface area (Å²) in [6.45, 7) is 6.50. The lowest BCUT2D eigenvalue weighted by Crippen LogP contribution is -2.42. The van der Waals surface area contributed by atoms with Gasteiger partial charge in [-0.25, -0.2) is 0 Å². The van der Waals surface area contributed by atoms with Crippen molar-refractivity contribution in [2.24, 2.45) is 0 Å². The zero-order chi connectivity index (χ0) is 15.2. The van der Waals surface area contributed by atoms with Crippen molar-refractivity contribution in [3.8, 4) is 0 Å². The first kappa shape index (κ1) is 13.8. The van der Waals surface area contributed by atoms with Crippen molar-refractivity contribution in [1.29, 1.82) is 0 Å². The molecular formula is C16H19N3O2. The van der Waals surface area contributed by atoms with E-state index in [-0.39, 0.29) is 17.2 Å². The van der Waals surface area contributed by atoms with E-state index >= 15 is 0 Å². The lowest BCUT2D eigenvalue weighted by atomic mass is 9.86. The van der Waals surface area contributed by atoms with Crippen molar-refractivity contribution in [2.45, 2.75) is 45.1 Å². The molecule has 0 spiro atoms. The molecule has 2 amide bonds. The van der Waals surface area contributed by atoms with E-state index in [0.29, 0.717) is 12.8 Å². The fourth-order valence-electron chi connectivity index (χ4n) is 2.68. The SMILES string of the molecule is CC(C)(C)c1ccc2c(cnn2C2CCC(=O)NC2=O)c1. The minimum absolute atomic E-state index is 0.0743. The lowest BCUT2D eigenvalue weighted by Gasteiger charge is -2.22. The van der Waals surface area contributed by atoms with Gasteiger partial charge in [-0.3, -0.25) is 19.6 Å². The zero-order valence-corrected chi connectivity index (χ0v) is 12.5. The van der Waals surface area contributed by atoms with Gasteiger partial charge in [0, 0.05) is 11.8 Å². The standard InChI is InChI=1S/C16H19N3O2/c1-16(2,3)11-4-5-12-10(8-11)9-17-19(12)13-6-7-14(20)18-15(13)21/h4-5,8-9,13H,6-7H2,1-3H3,(H,18,20,21). The Bertz CT molecular complexity index is 725. The fourth-order valence-corrected chi connectivity index (χ4v) is 2.68. The molecule has 1 aliphatic heterocycles. The molecule has 5 heteroatoms. The van der Waals surface area contributed by atoms with Gasteiger partial charge in [0.05, 0.1) is 11.7 Å². The molecule has 1 aromatic carbocycles. The van der Waals surface area contributed by atoms with Gasteiger partial charge in [-0.05, 0) is 29.5 Å². The molecule has 2 heterocycles. The van der Waals surface area contributed by atoms with Crippen molar-refractivity contribution in [2.75, 3.05) is 0 Å². The number of imide groups is 1. The van der Waals surface area contributed by atoms with Crippen molar-refractivity contribution < 1.29 is 9.59 Å². The molecular weight excluding hydrogens is 266 g/mol. The van der Waals surface area contributed by atoms with Gasteiger partial charge in [0.15, 0.2) is 0 Å². The van der Waals surface area contributed by atoms with E-state index in [1.54, 1.807) is 10.9 Å². The molecule has 1 unspecified atom stereocenters. The average Bonchev–Trinajstić information content (AvgIpc) is 2.80. The molecule has 1 aliphatic rings. The summed E-state index contributed by atoms with van der Waals surface area (Å²) in [5.74, 6) is -0.473. The third-order valence-corrected chi connectivity index (χ3v) is 3.97. The molecule has 3 rings (SSSR count). The monoisotopic (exact) mass is 285 g/mol. The first-order valence-corrected chi connectivity index (χ1v) is 7.18. The molecule has 1 aromatic heterocycles. The van der Waals surface area contributed by atoms with Gasteiger partial charge in [-0.2, -0.15) is 5.10 Å². The molecule has 5 nitrogen and oxygen atoms in total. The van der Waals surface area contributed by atoms with Crippen LogP contribution in [-0.4, -0.2) is 21.6 Å². The summed E-state index contributed by atoms with van der Waals surface area (Å²) < 4.78 is 1.73. The molecule has 0 radical (unpaired) electrons. The van der Waals surface area contributed by atoms with Crippen LogP contribution in [0.2, 0.25) is 0 Å². The van der Waals surface area contributed by atoms with Crippen LogP contribution >= 0.6 is 0 Å². The Balaban J connectivity index is 2.01. The number of hydrogen-bond acceptors (Lipinski definition) is 3. The minimum Gasteiger partial charge on any atom is -0.295 e. The van der Waals surface area contributed by atoms with E-state index in [1.807, 2.05) is 6.07 Å². The smallest absolute Gasteiger partial charge is 0.251 e. The molecule has 110 valence electrons. The second-order valence-corrected chi connectivity index (χ2v) is 6.58. The van der Waals surface area contributed by atoms with E-state index in [4.69, 9.17) is 0 Å². The number of rotatable bonds is 1. The van der Waals surface area contributed by atoms with Gasteiger partial charge < -0.3 is 0 Å². The van der Waals surface area contributed by atoms with E-state index < -0.39 is 6.04 Å². The third kappa shape index (κ3) is 2.44. The van der Waals surface area contributed by atoms with Gasteiger partial charge in [0.2, 0.25) is 5.91 Å². The molecule has 0 bridgehead atoms. The molecule has 2 aromatic rings. The summed E-state index contributed by atoms with van der Waals surface area (Å²) in [4.78, 5) is 23.2. The molecule has 1 fully saturated rings. The summed E-state index contributed by atoms with van der Waals surface area (Å²) in [6.07, 6.45) is 2.65. The molecule has 21 heavy (non-hydrogen) atoms. The lowest BCUT2D eigenvalue weighted by molar-refractivity contribution is -0.135. The van der Waals surface area contributed by atoms with Crippen molar-refractivity contribution in [3.05, 3.63) is 30.0 Å². The number of carbonyl (C=O) groups is 2. The molecule has 0 saturated carbocycles. The number of carbonyl (C=O) groups excluding carboxylic acids is 2. The topological polar surface area (TPSA) is 64.0 Å². The molecule has 1 N–H and O–H groups in total. The minimum atomic E-state index is -0.402. The van der Waals surface area contributed by atoms with Gasteiger partial charge >= 0.3 is 0 Å². The first-order chi connectivity index (χ1) is 9.86. The summed E-state index contributed by atoms with van der Waals surface area (Å²) in [6, 6.07) is 5.80. The van der Waals surface area contributed by atoms with Crippen LogP contribution in [0.25, 0.3) is 10.9 Å². The van der Waals surface area contributed by atoms with Crippen LogP contribution in [0.5, 0.6) is 0 Å². The number of nitrogens with one attached hydrogen (secondary N) is 1.